The van der Waals surface area contributed by atoms with E-state index < -0.39 is 9.84 Å². The SMILES string of the molecule is CCS(=O)(=O)CCCN1CC(C)(C2CC2)NCC1C1CC1. The molecule has 0 aromatic rings. The van der Waals surface area contributed by atoms with Gasteiger partial charge in [0.2, 0.25) is 0 Å². The average molecular weight is 314 g/mol. The first-order chi connectivity index (χ1) is 9.93. The van der Waals surface area contributed by atoms with Crippen molar-refractivity contribution in [1.82, 2.24) is 10.2 Å². The Labute approximate surface area is 129 Å². The van der Waals surface area contributed by atoms with Crippen molar-refractivity contribution in [3.8, 4) is 0 Å². The van der Waals surface area contributed by atoms with Gasteiger partial charge in [0.1, 0.15) is 9.84 Å². The molecule has 0 bridgehead atoms. The highest BCUT2D eigenvalue weighted by Crippen LogP contribution is 2.44. The maximum Gasteiger partial charge on any atom is 0.150 e. The van der Waals surface area contributed by atoms with Crippen molar-refractivity contribution >= 4 is 9.84 Å². The molecule has 2 atom stereocenters. The van der Waals surface area contributed by atoms with Crippen LogP contribution in [0.4, 0.5) is 0 Å². The highest BCUT2D eigenvalue weighted by Gasteiger charge is 2.48. The normalized spacial score (nSPS) is 35.0. The number of sulfone groups is 1. The predicted octanol–water partition coefficient (Wildman–Crippen LogP) is 1.66. The Morgan fingerprint density at radius 3 is 2.52 bits per heavy atom. The Hall–Kier alpha value is -0.130. The molecular formula is C16H30N2O2S. The topological polar surface area (TPSA) is 49.4 Å². The second-order valence-corrected chi connectivity index (χ2v) is 10.0. The fourth-order valence-corrected chi connectivity index (χ4v) is 4.74. The van der Waals surface area contributed by atoms with Crippen molar-refractivity contribution in [2.45, 2.75) is 57.5 Å². The van der Waals surface area contributed by atoms with Crippen molar-refractivity contribution < 1.29 is 8.42 Å². The summed E-state index contributed by atoms with van der Waals surface area (Å²) in [6.45, 7) is 7.26. The van der Waals surface area contributed by atoms with E-state index in [-0.39, 0.29) is 11.3 Å². The van der Waals surface area contributed by atoms with Crippen molar-refractivity contribution in [2.24, 2.45) is 11.8 Å². The van der Waals surface area contributed by atoms with Crippen LogP contribution in [0.25, 0.3) is 0 Å². The van der Waals surface area contributed by atoms with Crippen molar-refractivity contribution in [2.75, 3.05) is 31.1 Å². The van der Waals surface area contributed by atoms with Gasteiger partial charge in [0.25, 0.3) is 0 Å². The Balaban J connectivity index is 1.58. The lowest BCUT2D eigenvalue weighted by Crippen LogP contribution is -2.64. The average Bonchev–Trinajstić information content (AvgIpc) is 3.29. The number of hydrogen-bond donors (Lipinski definition) is 1. The number of nitrogens with one attached hydrogen (secondary N) is 1. The van der Waals surface area contributed by atoms with Crippen LogP contribution in [0.1, 0.15) is 46.0 Å². The largest absolute Gasteiger partial charge is 0.308 e. The van der Waals surface area contributed by atoms with E-state index in [4.69, 9.17) is 0 Å². The summed E-state index contributed by atoms with van der Waals surface area (Å²) >= 11 is 0. The Kier molecular flexibility index (Phi) is 4.37. The third-order valence-corrected chi connectivity index (χ3v) is 7.49. The number of nitrogens with zero attached hydrogens (tertiary/aromatic N) is 1. The molecule has 1 aliphatic heterocycles. The van der Waals surface area contributed by atoms with Gasteiger partial charge in [-0.2, -0.15) is 0 Å². The lowest BCUT2D eigenvalue weighted by atomic mass is 9.89. The van der Waals surface area contributed by atoms with Gasteiger partial charge in [0.05, 0.1) is 5.75 Å². The number of rotatable bonds is 7. The standard InChI is InChI=1S/C16H30N2O2S/c1-3-21(19,20)10-4-9-18-12-16(2,14-7-8-14)17-11-15(18)13-5-6-13/h13-15,17H,3-12H2,1-2H3. The van der Waals surface area contributed by atoms with Gasteiger partial charge in [-0.05, 0) is 57.4 Å². The maximum absolute atomic E-state index is 11.7. The lowest BCUT2D eigenvalue weighted by molar-refractivity contribution is 0.0645. The van der Waals surface area contributed by atoms with Crippen LogP contribution in [0.5, 0.6) is 0 Å². The molecule has 2 aliphatic carbocycles. The molecule has 3 rings (SSSR count). The first kappa shape index (κ1) is 15.8. The molecule has 1 N–H and O–H groups in total. The smallest absolute Gasteiger partial charge is 0.150 e. The van der Waals surface area contributed by atoms with Crippen LogP contribution in [0.3, 0.4) is 0 Å². The molecule has 5 heteroatoms. The first-order valence-electron chi connectivity index (χ1n) is 8.63. The summed E-state index contributed by atoms with van der Waals surface area (Å²) in [4.78, 5) is 2.61. The molecule has 3 aliphatic rings. The van der Waals surface area contributed by atoms with E-state index in [1.807, 2.05) is 0 Å². The van der Waals surface area contributed by atoms with Gasteiger partial charge in [-0.1, -0.05) is 6.92 Å². The monoisotopic (exact) mass is 314 g/mol. The van der Waals surface area contributed by atoms with E-state index in [0.717, 1.165) is 37.9 Å². The molecule has 4 nitrogen and oxygen atoms in total. The van der Waals surface area contributed by atoms with Gasteiger partial charge < -0.3 is 5.32 Å². The zero-order valence-corrected chi connectivity index (χ0v) is 14.3. The third-order valence-electron chi connectivity index (χ3n) is 5.70. The molecule has 122 valence electrons. The van der Waals surface area contributed by atoms with Crippen molar-refractivity contribution in [3.05, 3.63) is 0 Å². The van der Waals surface area contributed by atoms with E-state index >= 15 is 0 Å². The Morgan fingerprint density at radius 1 is 1.24 bits per heavy atom. The van der Waals surface area contributed by atoms with Crippen molar-refractivity contribution in [3.63, 3.8) is 0 Å². The molecule has 3 fully saturated rings. The summed E-state index contributed by atoms with van der Waals surface area (Å²) in [5.74, 6) is 2.31. The zero-order valence-electron chi connectivity index (χ0n) is 13.5. The molecular weight excluding hydrogens is 284 g/mol. The molecule has 0 spiro atoms. The van der Waals surface area contributed by atoms with Crippen LogP contribution in [0.15, 0.2) is 0 Å². The molecule has 21 heavy (non-hydrogen) atoms. The minimum Gasteiger partial charge on any atom is -0.308 e. The molecule has 2 unspecified atom stereocenters. The van der Waals surface area contributed by atoms with Gasteiger partial charge in [-0.15, -0.1) is 0 Å². The molecule has 2 saturated carbocycles. The van der Waals surface area contributed by atoms with Crippen LogP contribution >= 0.6 is 0 Å². The number of piperazine rings is 1. The van der Waals surface area contributed by atoms with Gasteiger partial charge in [0.15, 0.2) is 0 Å². The van der Waals surface area contributed by atoms with Gasteiger partial charge in [0, 0.05) is 30.4 Å². The Bertz CT molecular complexity index is 471. The van der Waals surface area contributed by atoms with Crippen LogP contribution in [0, 0.1) is 11.8 Å². The minimum absolute atomic E-state index is 0.259. The fraction of sp³-hybridized carbons (Fsp3) is 1.00. The lowest BCUT2D eigenvalue weighted by Gasteiger charge is -2.47. The number of hydrogen-bond acceptors (Lipinski definition) is 4. The first-order valence-corrected chi connectivity index (χ1v) is 10.5. The van der Waals surface area contributed by atoms with Gasteiger partial charge in [-0.3, -0.25) is 4.90 Å². The van der Waals surface area contributed by atoms with E-state index in [1.165, 1.54) is 25.7 Å². The molecule has 0 aromatic heterocycles. The third kappa shape index (κ3) is 3.80. The zero-order chi connectivity index (χ0) is 15.1. The van der Waals surface area contributed by atoms with Crippen LogP contribution in [-0.2, 0) is 9.84 Å². The Morgan fingerprint density at radius 2 is 1.95 bits per heavy atom. The minimum atomic E-state index is -2.82. The quantitative estimate of drug-likeness (QED) is 0.776. The summed E-state index contributed by atoms with van der Waals surface area (Å²) in [5.41, 5.74) is 0.259. The molecule has 1 saturated heterocycles. The molecule has 0 amide bonds. The molecule has 1 heterocycles. The summed E-state index contributed by atoms with van der Waals surface area (Å²) in [5, 5.41) is 3.82. The summed E-state index contributed by atoms with van der Waals surface area (Å²) in [6.07, 6.45) is 6.22. The second-order valence-electron chi connectivity index (χ2n) is 7.54. The second kappa shape index (κ2) is 5.82. The fourth-order valence-electron chi connectivity index (χ4n) is 3.88. The molecule has 0 radical (unpaired) electrons. The van der Waals surface area contributed by atoms with Crippen LogP contribution < -0.4 is 5.32 Å². The van der Waals surface area contributed by atoms with Gasteiger partial charge >= 0.3 is 0 Å². The van der Waals surface area contributed by atoms with Gasteiger partial charge in [-0.25, -0.2) is 8.42 Å². The van der Waals surface area contributed by atoms with Crippen LogP contribution in [-0.4, -0.2) is 56.0 Å². The summed E-state index contributed by atoms with van der Waals surface area (Å²) in [7, 11) is -2.82. The van der Waals surface area contributed by atoms with E-state index in [1.54, 1.807) is 6.92 Å². The van der Waals surface area contributed by atoms with E-state index in [9.17, 15) is 8.42 Å². The highest BCUT2D eigenvalue weighted by atomic mass is 32.2. The van der Waals surface area contributed by atoms with E-state index in [0.29, 0.717) is 11.8 Å². The molecule has 0 aromatic carbocycles. The van der Waals surface area contributed by atoms with E-state index in [2.05, 4.69) is 17.1 Å². The van der Waals surface area contributed by atoms with Crippen molar-refractivity contribution in [1.29, 1.82) is 0 Å². The summed E-state index contributed by atoms with van der Waals surface area (Å²) in [6, 6.07) is 0.640. The maximum atomic E-state index is 11.7. The highest BCUT2D eigenvalue weighted by molar-refractivity contribution is 7.91. The van der Waals surface area contributed by atoms with Crippen LogP contribution in [0.2, 0.25) is 0 Å². The summed E-state index contributed by atoms with van der Waals surface area (Å²) < 4.78 is 23.4. The predicted molar refractivity (Wildman–Crippen MR) is 86.2 cm³/mol.